The average molecular weight is 664 g/mol. The van der Waals surface area contributed by atoms with Crippen molar-refractivity contribution in [2.45, 2.75) is 91.7 Å². The molecule has 4 aromatic carbocycles. The highest BCUT2D eigenvalue weighted by Gasteiger charge is 2.55. The highest BCUT2D eigenvalue weighted by atomic mass is 16.5. The monoisotopic (exact) mass is 663 g/mol. The molecule has 0 aliphatic carbocycles. The lowest BCUT2D eigenvalue weighted by Gasteiger charge is -2.40. The Morgan fingerprint density at radius 1 is 0.780 bits per heavy atom. The fraction of sp³-hybridized carbons (Fsp3) is 0.333. The van der Waals surface area contributed by atoms with Crippen molar-refractivity contribution in [1.82, 2.24) is 9.55 Å². The Hall–Kier alpha value is -4.90. The van der Waals surface area contributed by atoms with Crippen LogP contribution in [0, 0.1) is 12.8 Å². The summed E-state index contributed by atoms with van der Waals surface area (Å²) in [4.78, 5) is 10.2. The van der Waals surface area contributed by atoms with E-state index in [1.807, 2.05) is 18.3 Å². The number of pyridine rings is 1. The van der Waals surface area contributed by atoms with Crippen molar-refractivity contribution in [2.24, 2.45) is 10.9 Å². The Bertz CT molecular complexity index is 2260. The highest BCUT2D eigenvalue weighted by molar-refractivity contribution is 6.08. The van der Waals surface area contributed by atoms with E-state index < -0.39 is 11.1 Å². The maximum Gasteiger partial charge on any atom is 0.217 e. The van der Waals surface area contributed by atoms with Crippen LogP contribution in [-0.4, -0.2) is 21.0 Å². The second-order valence-electron chi connectivity index (χ2n) is 16.0. The van der Waals surface area contributed by atoms with Crippen LogP contribution in [0.1, 0.15) is 96.0 Å². The lowest BCUT2D eigenvalue weighted by atomic mass is 9.72. The summed E-state index contributed by atoms with van der Waals surface area (Å²) in [6.45, 7) is 22.1. The number of aromatic nitrogens is 2. The number of aryl methyl sites for hydroxylation is 1. The molecule has 0 spiro atoms. The Morgan fingerprint density at radius 2 is 1.52 bits per heavy atom. The average Bonchev–Trinajstić information content (AvgIpc) is 3.56. The van der Waals surface area contributed by atoms with E-state index in [1.165, 1.54) is 10.9 Å². The molecule has 50 heavy (non-hydrogen) atoms. The number of hydrogen-bond donors (Lipinski definition) is 0. The van der Waals surface area contributed by atoms with Crippen molar-refractivity contribution >= 4 is 27.8 Å². The maximum atomic E-state index is 6.92. The van der Waals surface area contributed by atoms with E-state index >= 15 is 0 Å². The van der Waals surface area contributed by atoms with E-state index in [2.05, 4.69) is 159 Å². The quantitative estimate of drug-likeness (QED) is 0.171. The molecular formula is C45H49N3O2. The van der Waals surface area contributed by atoms with Crippen LogP contribution in [0.15, 0.2) is 108 Å². The molecule has 2 aromatic heterocycles. The highest BCUT2D eigenvalue weighted by Crippen LogP contribution is 2.49. The van der Waals surface area contributed by atoms with Crippen molar-refractivity contribution in [2.75, 3.05) is 0 Å². The Kier molecular flexibility index (Phi) is 8.16. The number of aliphatic imine (C=N–C) groups is 1. The molecule has 1 aliphatic rings. The molecule has 0 saturated heterocycles. The standard InChI is InChI=1S/C45H49N3O2/c1-28(2)31-23-32(42-47-44(9,29(3)4)45(10,50-42)33-15-12-11-13-16-33)25-37(24-31)49-36-22-30(5)21-35(27-36)48-40-19-18-34(43(6,7)8)26-39(40)38-17-14-20-46-41(38)48/h11-29H,1-10H3/t44-,45-/m1/s1. The Balaban J connectivity index is 1.31. The van der Waals surface area contributed by atoms with Crippen LogP contribution in [0.4, 0.5) is 0 Å². The molecule has 6 aromatic rings. The van der Waals surface area contributed by atoms with Gasteiger partial charge >= 0.3 is 0 Å². The van der Waals surface area contributed by atoms with Crippen molar-refractivity contribution in [3.63, 3.8) is 0 Å². The first-order valence-corrected chi connectivity index (χ1v) is 17.9. The molecule has 5 nitrogen and oxygen atoms in total. The van der Waals surface area contributed by atoms with Gasteiger partial charge in [0.2, 0.25) is 5.90 Å². The molecule has 5 heteroatoms. The molecular weight excluding hydrogens is 615 g/mol. The summed E-state index contributed by atoms with van der Waals surface area (Å²) in [6.07, 6.45) is 1.87. The van der Waals surface area contributed by atoms with Crippen LogP contribution in [0.3, 0.4) is 0 Å². The lowest BCUT2D eigenvalue weighted by molar-refractivity contribution is 0.00857. The van der Waals surface area contributed by atoms with E-state index in [9.17, 15) is 0 Å². The predicted molar refractivity (Wildman–Crippen MR) is 207 cm³/mol. The summed E-state index contributed by atoms with van der Waals surface area (Å²) in [5.74, 6) is 2.69. The minimum absolute atomic E-state index is 0.0429. The van der Waals surface area contributed by atoms with Crippen molar-refractivity contribution in [3.8, 4) is 17.2 Å². The molecule has 0 fully saturated rings. The molecule has 2 atom stereocenters. The van der Waals surface area contributed by atoms with Gasteiger partial charge in [-0.1, -0.05) is 84.9 Å². The van der Waals surface area contributed by atoms with Crippen molar-refractivity contribution in [1.29, 1.82) is 0 Å². The molecule has 0 unspecified atom stereocenters. The van der Waals surface area contributed by atoms with E-state index in [1.54, 1.807) is 0 Å². The third kappa shape index (κ3) is 5.67. The molecule has 0 N–H and O–H groups in total. The number of benzene rings is 4. The minimum atomic E-state index is -0.623. The summed E-state index contributed by atoms with van der Waals surface area (Å²) < 4.78 is 15.9. The van der Waals surface area contributed by atoms with Crippen LogP contribution in [0.2, 0.25) is 0 Å². The molecule has 256 valence electrons. The molecule has 1 aliphatic heterocycles. The van der Waals surface area contributed by atoms with Crippen LogP contribution in [0.5, 0.6) is 11.5 Å². The van der Waals surface area contributed by atoms with Gasteiger partial charge in [-0.2, -0.15) is 0 Å². The second kappa shape index (κ2) is 12.2. The van der Waals surface area contributed by atoms with E-state index in [0.717, 1.165) is 56.0 Å². The van der Waals surface area contributed by atoms with Crippen LogP contribution in [-0.2, 0) is 15.8 Å². The SMILES string of the molecule is Cc1cc(Oc2cc(C3=N[C@](C)(C(C)C)[C@@](C)(c4ccccc4)O3)cc(C(C)C)c2)cc(-n2c3ccc(C(C)(C)C)cc3c3cccnc32)c1. The van der Waals surface area contributed by atoms with Crippen molar-refractivity contribution < 1.29 is 9.47 Å². The molecule has 0 radical (unpaired) electrons. The maximum absolute atomic E-state index is 6.92. The van der Waals surface area contributed by atoms with Gasteiger partial charge in [-0.15, -0.1) is 0 Å². The predicted octanol–water partition coefficient (Wildman–Crippen LogP) is 11.8. The molecule has 0 saturated carbocycles. The van der Waals surface area contributed by atoms with Gasteiger partial charge in [0.25, 0.3) is 0 Å². The third-order valence-electron chi connectivity index (χ3n) is 10.8. The summed E-state index contributed by atoms with van der Waals surface area (Å²) in [5, 5.41) is 2.34. The molecule has 3 heterocycles. The van der Waals surface area contributed by atoms with Gasteiger partial charge in [0, 0.05) is 28.6 Å². The fourth-order valence-electron chi connectivity index (χ4n) is 7.31. The largest absolute Gasteiger partial charge is 0.464 e. The van der Waals surface area contributed by atoms with Gasteiger partial charge in [-0.05, 0) is 115 Å². The minimum Gasteiger partial charge on any atom is -0.464 e. The van der Waals surface area contributed by atoms with Gasteiger partial charge in [0.05, 0.1) is 11.2 Å². The lowest BCUT2D eigenvalue weighted by Crippen LogP contribution is -2.47. The van der Waals surface area contributed by atoms with E-state index in [-0.39, 0.29) is 17.3 Å². The number of rotatable bonds is 7. The smallest absolute Gasteiger partial charge is 0.217 e. The summed E-state index contributed by atoms with van der Waals surface area (Å²) in [6, 6.07) is 34.3. The normalized spacial score (nSPS) is 19.4. The van der Waals surface area contributed by atoms with Crippen LogP contribution >= 0.6 is 0 Å². The van der Waals surface area contributed by atoms with Crippen molar-refractivity contribution in [3.05, 3.63) is 131 Å². The Labute approximate surface area is 297 Å². The zero-order chi connectivity index (χ0) is 35.6. The van der Waals surface area contributed by atoms with E-state index in [0.29, 0.717) is 5.90 Å². The molecule has 0 amide bonds. The first-order valence-electron chi connectivity index (χ1n) is 17.9. The Morgan fingerprint density at radius 3 is 2.22 bits per heavy atom. The van der Waals surface area contributed by atoms with E-state index in [4.69, 9.17) is 19.5 Å². The zero-order valence-electron chi connectivity index (χ0n) is 31.1. The van der Waals surface area contributed by atoms with Gasteiger partial charge in [0.15, 0.2) is 5.60 Å². The number of ether oxygens (including phenoxy) is 2. The number of fused-ring (bicyclic) bond motifs is 3. The van der Waals surface area contributed by atoms with Crippen LogP contribution < -0.4 is 4.74 Å². The van der Waals surface area contributed by atoms with Gasteiger partial charge < -0.3 is 9.47 Å². The topological polar surface area (TPSA) is 48.6 Å². The first-order chi connectivity index (χ1) is 23.7. The number of nitrogens with zero attached hydrogens (tertiary/aromatic N) is 3. The summed E-state index contributed by atoms with van der Waals surface area (Å²) in [5.41, 5.74) is 7.63. The van der Waals surface area contributed by atoms with Gasteiger partial charge in [-0.25, -0.2) is 9.98 Å². The molecule has 7 rings (SSSR count). The summed E-state index contributed by atoms with van der Waals surface area (Å²) >= 11 is 0. The summed E-state index contributed by atoms with van der Waals surface area (Å²) in [7, 11) is 0. The van der Waals surface area contributed by atoms with Gasteiger partial charge in [-0.3, -0.25) is 4.57 Å². The number of hydrogen-bond acceptors (Lipinski definition) is 4. The van der Waals surface area contributed by atoms with Gasteiger partial charge in [0.1, 0.15) is 22.7 Å². The van der Waals surface area contributed by atoms with Crippen LogP contribution in [0.25, 0.3) is 27.6 Å². The third-order valence-corrected chi connectivity index (χ3v) is 10.8. The zero-order valence-corrected chi connectivity index (χ0v) is 31.1. The second-order valence-corrected chi connectivity index (χ2v) is 16.0. The fourth-order valence-corrected chi connectivity index (χ4v) is 7.31. The first kappa shape index (κ1) is 33.6. The molecule has 0 bridgehead atoms.